The number of benzene rings is 2. The molecule has 4 rings (SSSR count). The molecular formula is C22H19NO3S2. The largest absolute Gasteiger partial charge is 0.477 e. The first-order chi connectivity index (χ1) is 13.5. The zero-order valence-corrected chi connectivity index (χ0v) is 17.1. The fraction of sp³-hybridized carbons (Fsp3) is 0.182. The van der Waals surface area contributed by atoms with Gasteiger partial charge in [-0.1, -0.05) is 42.0 Å². The number of rotatable bonds is 4. The molecule has 0 spiro atoms. The van der Waals surface area contributed by atoms with E-state index < -0.39 is 5.97 Å². The van der Waals surface area contributed by atoms with Gasteiger partial charge in [0.15, 0.2) is 0 Å². The fourth-order valence-corrected chi connectivity index (χ4v) is 5.19. The summed E-state index contributed by atoms with van der Waals surface area (Å²) in [5.74, 6) is -1.20. The van der Waals surface area contributed by atoms with Crippen molar-refractivity contribution >= 4 is 40.7 Å². The van der Waals surface area contributed by atoms with E-state index in [1.54, 1.807) is 11.8 Å². The van der Waals surface area contributed by atoms with Crippen LogP contribution in [0.25, 0.3) is 11.1 Å². The number of carboxylic acids is 1. The van der Waals surface area contributed by atoms with E-state index in [1.807, 2.05) is 61.7 Å². The number of thiophene rings is 1. The summed E-state index contributed by atoms with van der Waals surface area (Å²) < 4.78 is 0. The monoisotopic (exact) mass is 409 g/mol. The van der Waals surface area contributed by atoms with E-state index in [4.69, 9.17) is 0 Å². The van der Waals surface area contributed by atoms with Gasteiger partial charge >= 0.3 is 5.97 Å². The molecule has 0 radical (unpaired) electrons. The lowest BCUT2D eigenvalue weighted by Gasteiger charge is -2.24. The summed E-state index contributed by atoms with van der Waals surface area (Å²) in [6.07, 6.45) is 2.34. The maximum Gasteiger partial charge on any atom is 0.346 e. The van der Waals surface area contributed by atoms with Crippen molar-refractivity contribution in [3.63, 3.8) is 0 Å². The molecule has 2 heterocycles. The van der Waals surface area contributed by atoms with Crippen molar-refractivity contribution in [1.82, 2.24) is 0 Å². The molecule has 1 unspecified atom stereocenters. The van der Waals surface area contributed by atoms with Crippen LogP contribution >= 0.6 is 23.1 Å². The average molecular weight is 410 g/mol. The number of aryl methyl sites for hydroxylation is 1. The summed E-state index contributed by atoms with van der Waals surface area (Å²) >= 11 is 2.93. The van der Waals surface area contributed by atoms with Gasteiger partial charge in [-0.3, -0.25) is 4.79 Å². The third-order valence-corrected chi connectivity index (χ3v) is 6.99. The molecule has 0 aliphatic carbocycles. The van der Waals surface area contributed by atoms with Gasteiger partial charge in [0.05, 0.1) is 5.69 Å². The van der Waals surface area contributed by atoms with Crippen LogP contribution in [0.1, 0.15) is 38.0 Å². The number of thioether (sulfide) groups is 1. The van der Waals surface area contributed by atoms with Crippen LogP contribution in [-0.2, 0) is 4.79 Å². The molecule has 0 saturated heterocycles. The molecule has 1 amide bonds. The van der Waals surface area contributed by atoms with Crippen LogP contribution in [0.5, 0.6) is 0 Å². The molecule has 6 heteroatoms. The lowest BCUT2D eigenvalue weighted by atomic mass is 9.88. The Bertz CT molecular complexity index is 1050. The summed E-state index contributed by atoms with van der Waals surface area (Å²) in [6.45, 7) is 1.99. The molecular weight excluding hydrogens is 390 g/mol. The van der Waals surface area contributed by atoms with E-state index >= 15 is 0 Å². The normalized spacial score (nSPS) is 15.8. The highest BCUT2D eigenvalue weighted by Crippen LogP contribution is 2.49. The van der Waals surface area contributed by atoms with Crippen molar-refractivity contribution in [2.45, 2.75) is 24.2 Å². The Morgan fingerprint density at radius 2 is 1.82 bits per heavy atom. The second kappa shape index (κ2) is 7.45. The molecule has 142 valence electrons. The van der Waals surface area contributed by atoms with Crippen LogP contribution in [0, 0.1) is 6.92 Å². The smallest absolute Gasteiger partial charge is 0.346 e. The lowest BCUT2D eigenvalue weighted by Crippen LogP contribution is -2.22. The third kappa shape index (κ3) is 3.34. The van der Waals surface area contributed by atoms with Gasteiger partial charge in [0.25, 0.3) is 0 Å². The first-order valence-electron chi connectivity index (χ1n) is 8.88. The Morgan fingerprint density at radius 1 is 1.14 bits per heavy atom. The van der Waals surface area contributed by atoms with Gasteiger partial charge in [-0.05, 0) is 36.4 Å². The minimum Gasteiger partial charge on any atom is -0.477 e. The summed E-state index contributed by atoms with van der Waals surface area (Å²) in [4.78, 5) is 26.8. The highest BCUT2D eigenvalue weighted by Gasteiger charge is 2.34. The predicted molar refractivity (Wildman–Crippen MR) is 115 cm³/mol. The lowest BCUT2D eigenvalue weighted by molar-refractivity contribution is -0.116. The van der Waals surface area contributed by atoms with E-state index in [0.29, 0.717) is 17.7 Å². The number of carboxylic acid groups (broad SMARTS) is 1. The molecule has 2 aromatic carbocycles. The maximum atomic E-state index is 12.5. The zero-order valence-electron chi connectivity index (χ0n) is 15.5. The van der Waals surface area contributed by atoms with Gasteiger partial charge in [0.2, 0.25) is 5.91 Å². The number of hydrogen-bond donors (Lipinski definition) is 2. The van der Waals surface area contributed by atoms with E-state index in [9.17, 15) is 14.7 Å². The highest BCUT2D eigenvalue weighted by atomic mass is 32.2. The standard InChI is InChI=1S/C22H19NO3S2/c1-12-3-5-14(6-4-12)18-19-20(28-21(18)22(25)26)16(11-17(24)23-19)13-7-9-15(27-2)10-8-13/h3-10,16H,11H2,1-2H3,(H,23,24)(H,25,26). The number of amides is 1. The Labute approximate surface area is 171 Å². The Balaban J connectivity index is 1.89. The number of carbonyl (C=O) groups excluding carboxylic acids is 1. The van der Waals surface area contributed by atoms with E-state index in [0.717, 1.165) is 26.5 Å². The van der Waals surface area contributed by atoms with Gasteiger partial charge in [-0.25, -0.2) is 4.79 Å². The number of carbonyl (C=O) groups is 2. The quantitative estimate of drug-likeness (QED) is 0.549. The first kappa shape index (κ1) is 18.8. The SMILES string of the molecule is CSc1ccc(C2CC(=O)Nc3c2sc(C(=O)O)c3-c2ccc(C)cc2)cc1. The van der Waals surface area contributed by atoms with Crippen molar-refractivity contribution < 1.29 is 14.7 Å². The molecule has 1 aliphatic rings. The van der Waals surface area contributed by atoms with Crippen LogP contribution in [0.3, 0.4) is 0 Å². The van der Waals surface area contributed by atoms with Crippen molar-refractivity contribution in [3.8, 4) is 11.1 Å². The topological polar surface area (TPSA) is 66.4 Å². The Kier molecular flexibility index (Phi) is 5.00. The van der Waals surface area contributed by atoms with E-state index in [2.05, 4.69) is 5.32 Å². The van der Waals surface area contributed by atoms with Crippen LogP contribution in [0.2, 0.25) is 0 Å². The Morgan fingerprint density at radius 3 is 2.43 bits per heavy atom. The van der Waals surface area contributed by atoms with Crippen LogP contribution < -0.4 is 5.32 Å². The van der Waals surface area contributed by atoms with Crippen molar-refractivity contribution in [3.05, 3.63) is 69.4 Å². The minimum absolute atomic E-state index is 0.0884. The van der Waals surface area contributed by atoms with Crippen molar-refractivity contribution in [2.75, 3.05) is 11.6 Å². The molecule has 0 bridgehead atoms. The van der Waals surface area contributed by atoms with Gasteiger partial charge in [-0.2, -0.15) is 0 Å². The average Bonchev–Trinajstić information content (AvgIpc) is 3.07. The van der Waals surface area contributed by atoms with Gasteiger partial charge in [0.1, 0.15) is 4.88 Å². The molecule has 4 nitrogen and oxygen atoms in total. The number of hydrogen-bond acceptors (Lipinski definition) is 4. The van der Waals surface area contributed by atoms with Crippen molar-refractivity contribution in [1.29, 1.82) is 0 Å². The number of fused-ring (bicyclic) bond motifs is 1. The molecule has 1 aromatic heterocycles. The Hall–Kier alpha value is -2.57. The maximum absolute atomic E-state index is 12.5. The second-order valence-corrected chi connectivity index (χ2v) is 8.73. The summed E-state index contributed by atoms with van der Waals surface area (Å²) in [7, 11) is 0. The molecule has 1 atom stereocenters. The molecule has 2 N–H and O–H groups in total. The van der Waals surface area contributed by atoms with Crippen LogP contribution in [0.4, 0.5) is 5.69 Å². The molecule has 0 fully saturated rings. The van der Waals surface area contributed by atoms with Gasteiger partial charge < -0.3 is 10.4 Å². The number of anilines is 1. The summed E-state index contributed by atoms with van der Waals surface area (Å²) in [6, 6.07) is 15.9. The number of nitrogens with one attached hydrogen (secondary N) is 1. The molecule has 3 aromatic rings. The molecule has 28 heavy (non-hydrogen) atoms. The highest BCUT2D eigenvalue weighted by molar-refractivity contribution is 7.98. The van der Waals surface area contributed by atoms with Crippen molar-refractivity contribution in [2.24, 2.45) is 0 Å². The van der Waals surface area contributed by atoms with Gasteiger partial charge in [-0.15, -0.1) is 23.1 Å². The molecule has 0 saturated carbocycles. The minimum atomic E-state index is -0.972. The number of aromatic carboxylic acids is 1. The molecule has 1 aliphatic heterocycles. The van der Waals surface area contributed by atoms with Gasteiger partial charge in [0, 0.05) is 27.7 Å². The third-order valence-electron chi connectivity index (χ3n) is 4.96. The van der Waals surface area contributed by atoms with E-state index in [1.165, 1.54) is 11.3 Å². The fourth-order valence-electron chi connectivity index (χ4n) is 3.54. The first-order valence-corrected chi connectivity index (χ1v) is 10.9. The van der Waals surface area contributed by atoms with Crippen LogP contribution in [0.15, 0.2) is 53.4 Å². The van der Waals surface area contributed by atoms with E-state index in [-0.39, 0.29) is 16.7 Å². The summed E-state index contributed by atoms with van der Waals surface area (Å²) in [5.41, 5.74) is 4.18. The second-order valence-electron chi connectivity index (χ2n) is 6.79. The zero-order chi connectivity index (χ0) is 19.8. The van der Waals surface area contributed by atoms with Crippen LogP contribution in [-0.4, -0.2) is 23.2 Å². The summed E-state index contributed by atoms with van der Waals surface area (Å²) in [5, 5.41) is 12.8. The predicted octanol–water partition coefficient (Wildman–Crippen LogP) is 5.62.